The smallest absolute Gasteiger partial charge is 0.472 e. The summed E-state index contributed by atoms with van der Waals surface area (Å²) in [5.74, 6) is -0.0304. The molecule has 0 aliphatic carbocycles. The van der Waals surface area contributed by atoms with E-state index in [0.717, 1.165) is 29.5 Å². The van der Waals surface area contributed by atoms with E-state index in [2.05, 4.69) is 15.0 Å². The number of hydrogen-bond acceptors (Lipinski definition) is 18. The average Bonchev–Trinajstić information content (AvgIpc) is 3.89. The zero-order valence-electron chi connectivity index (χ0n) is 30.8. The second kappa shape index (κ2) is 16.9. The number of H-pyrrole nitrogens is 1. The van der Waals surface area contributed by atoms with Gasteiger partial charge < -0.3 is 29.6 Å². The Balaban J connectivity index is 1.06. The number of anilines is 1. The lowest BCUT2D eigenvalue weighted by atomic mass is 10.1. The number of carbonyl (C=O) groups excluding carboxylic acids is 1. The van der Waals surface area contributed by atoms with E-state index in [1.54, 1.807) is 24.3 Å². The molecule has 3 fully saturated rings. The standard InChI is InChI=1S/C34H33F2N7O14P2S/c1-50-19-8-4-18(5-9-19)33(45)53-20-6-2-17(3-7-20)14-60-59(49)52-13-22-27(24(35)32(55-22)43-16-40-26-29(37)38-15-39-30(26)43)56-58(47,48)51-12-21-28(57-59)25(36)31(54-21)42-11-10-23(44)41-34(42)46/h2-11,15-16,21-22,24-25,27-28,31-32H,12-14H2,1H3,(H,47,48)(H2,37,38,39)(H,41,44,46)/t21-,22-,24-,25-,27-,28-,31-,32-,59+/m1/s1. The van der Waals surface area contributed by atoms with Crippen LogP contribution in [0.4, 0.5) is 14.6 Å². The number of imidazole rings is 1. The number of alkyl halides is 2. The Hall–Kier alpha value is -4.87. The molecule has 0 spiro atoms. The topological polar surface area (TPSA) is 270 Å². The number of ether oxygens (including phenoxy) is 4. The number of carbonyl (C=O) groups is 1. The second-order valence-corrected chi connectivity index (χ2v) is 18.7. The normalized spacial score (nSPS) is 30.8. The maximum Gasteiger partial charge on any atom is 0.472 e. The molecule has 4 N–H and O–H groups in total. The first kappa shape index (κ1) is 41.8. The number of halogens is 2. The van der Waals surface area contributed by atoms with Crippen molar-refractivity contribution in [3.05, 3.63) is 105 Å². The maximum absolute atomic E-state index is 16.4. The zero-order chi connectivity index (χ0) is 42.3. The van der Waals surface area contributed by atoms with Gasteiger partial charge in [-0.1, -0.05) is 12.1 Å². The zero-order valence-corrected chi connectivity index (χ0v) is 33.4. The minimum absolute atomic E-state index is 0.0163. The van der Waals surface area contributed by atoms with E-state index in [1.165, 1.54) is 31.4 Å². The number of phosphoric acid groups is 1. The number of aromatic amines is 1. The van der Waals surface area contributed by atoms with Crippen LogP contribution in [0.2, 0.25) is 0 Å². The third kappa shape index (κ3) is 8.66. The summed E-state index contributed by atoms with van der Waals surface area (Å²) in [5, 5.41) is 0. The fourth-order valence-electron chi connectivity index (χ4n) is 6.50. The van der Waals surface area contributed by atoms with Gasteiger partial charge in [0.05, 0.1) is 32.2 Å². The highest BCUT2D eigenvalue weighted by atomic mass is 32.7. The van der Waals surface area contributed by atoms with E-state index >= 15 is 8.78 Å². The molecule has 318 valence electrons. The van der Waals surface area contributed by atoms with Gasteiger partial charge >= 0.3 is 26.3 Å². The summed E-state index contributed by atoms with van der Waals surface area (Å²) in [4.78, 5) is 61.8. The SMILES string of the molecule is COc1ccc(C(=O)Oc2ccc(CS[P@@]3(=O)OC[C@H]4O[C@@H](n5cnc6c(N)ncnc65)[C@H](F)[C@@H]4OP(=O)(O)OC[C@H]4O[C@@H](n5ccc(=O)[nH]c5=O)[C@H](F)[C@@H]4O3)cc2)cc1. The second-order valence-electron chi connectivity index (χ2n) is 13.3. The largest absolute Gasteiger partial charge is 0.497 e. The van der Waals surface area contributed by atoms with Crippen molar-refractivity contribution >= 4 is 49.0 Å². The van der Waals surface area contributed by atoms with Gasteiger partial charge in [-0.3, -0.25) is 37.0 Å². The monoisotopic (exact) mass is 895 g/mol. The number of nitrogens with zero attached hydrogens (tertiary/aromatic N) is 5. The molecule has 3 aromatic heterocycles. The summed E-state index contributed by atoms with van der Waals surface area (Å²) in [7, 11) is -3.74. The number of fused-ring (bicyclic) bond motifs is 3. The summed E-state index contributed by atoms with van der Waals surface area (Å²) < 4.78 is 107. The van der Waals surface area contributed by atoms with Crippen molar-refractivity contribution in [1.82, 2.24) is 29.1 Å². The molecule has 60 heavy (non-hydrogen) atoms. The highest BCUT2D eigenvalue weighted by Gasteiger charge is 2.55. The van der Waals surface area contributed by atoms with Gasteiger partial charge in [0.2, 0.25) is 0 Å². The molecule has 0 saturated carbocycles. The predicted molar refractivity (Wildman–Crippen MR) is 203 cm³/mol. The Labute approximate surface area is 339 Å². The molecule has 3 aliphatic rings. The third-order valence-corrected chi connectivity index (χ3v) is 14.1. The Morgan fingerprint density at radius 2 is 1.57 bits per heavy atom. The van der Waals surface area contributed by atoms with Crippen molar-refractivity contribution in [3.8, 4) is 11.5 Å². The van der Waals surface area contributed by atoms with E-state index in [1.807, 2.05) is 4.98 Å². The number of nitrogen functional groups attached to an aromatic ring is 1. The molecule has 26 heteroatoms. The lowest BCUT2D eigenvalue weighted by Crippen LogP contribution is -2.38. The molecule has 21 nitrogen and oxygen atoms in total. The van der Waals surface area contributed by atoms with Gasteiger partial charge in [-0.15, -0.1) is 0 Å². The van der Waals surface area contributed by atoms with Crippen LogP contribution in [0, 0.1) is 0 Å². The van der Waals surface area contributed by atoms with E-state index in [0.29, 0.717) is 27.3 Å². The number of methoxy groups -OCH3 is 1. The Kier molecular flexibility index (Phi) is 11.8. The molecule has 8 rings (SSSR count). The summed E-state index contributed by atoms with van der Waals surface area (Å²) in [6.07, 6.45) is -11.8. The van der Waals surface area contributed by atoms with Gasteiger partial charge in [0.25, 0.3) is 5.56 Å². The van der Waals surface area contributed by atoms with Crippen LogP contribution in [-0.2, 0) is 42.5 Å². The molecule has 0 radical (unpaired) electrons. The number of benzene rings is 2. The van der Waals surface area contributed by atoms with Gasteiger partial charge in [-0.05, 0) is 53.3 Å². The van der Waals surface area contributed by atoms with Crippen LogP contribution in [0.5, 0.6) is 11.5 Å². The molecule has 6 heterocycles. The van der Waals surface area contributed by atoms with Gasteiger partial charge in [0, 0.05) is 18.0 Å². The summed E-state index contributed by atoms with van der Waals surface area (Å²) in [5.41, 5.74) is 4.98. The van der Waals surface area contributed by atoms with Gasteiger partial charge in [0.15, 0.2) is 36.3 Å². The van der Waals surface area contributed by atoms with Crippen LogP contribution in [0.15, 0.2) is 83.0 Å². The third-order valence-electron chi connectivity index (χ3n) is 9.47. The van der Waals surface area contributed by atoms with E-state index < -0.39 is 94.3 Å². The number of aromatic nitrogens is 6. The maximum atomic E-state index is 16.4. The molecule has 3 saturated heterocycles. The summed E-state index contributed by atoms with van der Waals surface area (Å²) in [6, 6.07) is 13.3. The van der Waals surface area contributed by atoms with Crippen molar-refractivity contribution in [1.29, 1.82) is 0 Å². The minimum Gasteiger partial charge on any atom is -0.497 e. The summed E-state index contributed by atoms with van der Waals surface area (Å²) >= 11 is 0.586. The van der Waals surface area contributed by atoms with Crippen LogP contribution in [0.3, 0.4) is 0 Å². The van der Waals surface area contributed by atoms with Crippen LogP contribution < -0.4 is 26.5 Å². The van der Waals surface area contributed by atoms with E-state index in [-0.39, 0.29) is 34.0 Å². The van der Waals surface area contributed by atoms with Gasteiger partial charge in [0.1, 0.15) is 47.8 Å². The molecule has 3 aliphatic heterocycles. The quantitative estimate of drug-likeness (QED) is 0.114. The lowest BCUT2D eigenvalue weighted by molar-refractivity contribution is -0.0619. The Bertz CT molecular complexity index is 2600. The number of nitrogens with two attached hydrogens (primary N) is 1. The first-order chi connectivity index (χ1) is 28.7. The van der Waals surface area contributed by atoms with Crippen LogP contribution in [0.25, 0.3) is 11.2 Å². The van der Waals surface area contributed by atoms with Crippen molar-refractivity contribution in [2.75, 3.05) is 26.1 Å². The summed E-state index contributed by atoms with van der Waals surface area (Å²) in [6.45, 7) is -6.40. The van der Waals surface area contributed by atoms with Crippen molar-refractivity contribution < 1.29 is 64.6 Å². The first-order valence-electron chi connectivity index (χ1n) is 17.7. The molecule has 0 amide bonds. The first-order valence-corrected chi connectivity index (χ1v) is 22.4. The Morgan fingerprint density at radius 1 is 0.917 bits per heavy atom. The molecular formula is C34H33F2N7O14P2S. The van der Waals surface area contributed by atoms with Crippen LogP contribution in [-0.4, -0.2) is 97.0 Å². The molecule has 2 aromatic carbocycles. The van der Waals surface area contributed by atoms with Crippen molar-refractivity contribution in [3.63, 3.8) is 0 Å². The lowest BCUT2D eigenvalue weighted by Gasteiger charge is -2.29. The number of phosphoric ester groups is 1. The van der Waals surface area contributed by atoms with E-state index in [4.69, 9.17) is 42.8 Å². The van der Waals surface area contributed by atoms with Crippen molar-refractivity contribution in [2.45, 2.75) is 55.0 Å². The number of esters is 1. The van der Waals surface area contributed by atoms with Gasteiger partial charge in [-0.25, -0.2) is 42.5 Å². The van der Waals surface area contributed by atoms with Gasteiger partial charge in [-0.2, -0.15) is 0 Å². The molecule has 0 bridgehead atoms. The highest BCUT2D eigenvalue weighted by molar-refractivity contribution is 8.54. The van der Waals surface area contributed by atoms with E-state index in [9.17, 15) is 28.4 Å². The molecule has 1 unspecified atom stereocenters. The molecular weight excluding hydrogens is 862 g/mol. The predicted octanol–water partition coefficient (Wildman–Crippen LogP) is 3.62. The highest BCUT2D eigenvalue weighted by Crippen LogP contribution is 2.65. The Morgan fingerprint density at radius 3 is 2.25 bits per heavy atom. The average molecular weight is 896 g/mol. The fraction of sp³-hybridized carbons (Fsp3) is 0.353. The number of hydrogen-bond donors (Lipinski definition) is 3. The van der Waals surface area contributed by atoms with Crippen molar-refractivity contribution in [2.24, 2.45) is 0 Å². The number of nitrogens with one attached hydrogen (secondary N) is 1. The van der Waals surface area contributed by atoms with Crippen LogP contribution >= 0.6 is 26.0 Å². The minimum atomic E-state index is -5.23. The fourth-order valence-corrected chi connectivity index (χ4v) is 10.8. The molecule has 10 atom stereocenters. The van der Waals surface area contributed by atoms with Crippen LogP contribution in [0.1, 0.15) is 28.4 Å². The number of rotatable bonds is 8. The molecule has 5 aromatic rings.